The topological polar surface area (TPSA) is 101 Å². The number of rotatable bonds is 5. The van der Waals surface area contributed by atoms with Crippen LogP contribution < -0.4 is 16.3 Å². The van der Waals surface area contributed by atoms with E-state index < -0.39 is 10.0 Å². The molecule has 0 saturated carbocycles. The number of hydrazine groups is 1. The third-order valence-corrected chi connectivity index (χ3v) is 4.12. The summed E-state index contributed by atoms with van der Waals surface area (Å²) in [5, 5.41) is 6.61. The van der Waals surface area contributed by atoms with E-state index in [1.807, 2.05) is 0 Å². The number of thiocarbonyl (C=S) groups is 1. The van der Waals surface area contributed by atoms with E-state index in [1.54, 1.807) is 12.1 Å². The molecule has 2 rings (SSSR count). The first-order chi connectivity index (χ1) is 10.8. The first-order valence-corrected chi connectivity index (χ1v) is 8.42. The van der Waals surface area contributed by atoms with Gasteiger partial charge in [-0.2, -0.15) is 0 Å². The molecule has 122 valence electrons. The van der Waals surface area contributed by atoms with E-state index in [0.29, 0.717) is 12.2 Å². The summed E-state index contributed by atoms with van der Waals surface area (Å²) < 4.78 is 35.4. The highest BCUT2D eigenvalue weighted by atomic mass is 32.2. The van der Waals surface area contributed by atoms with Crippen molar-refractivity contribution in [3.05, 3.63) is 59.9 Å². The Morgan fingerprint density at radius 2 is 1.70 bits per heavy atom. The van der Waals surface area contributed by atoms with Crippen LogP contribution in [0.15, 0.2) is 53.4 Å². The van der Waals surface area contributed by atoms with Crippen LogP contribution in [0.1, 0.15) is 5.56 Å². The van der Waals surface area contributed by atoms with Crippen molar-refractivity contribution < 1.29 is 12.8 Å². The van der Waals surface area contributed by atoms with E-state index in [9.17, 15) is 12.8 Å². The first kappa shape index (κ1) is 17.1. The number of sulfonamides is 1. The van der Waals surface area contributed by atoms with Crippen molar-refractivity contribution in [2.45, 2.75) is 11.4 Å². The molecular formula is C14H15FN4O2S2. The summed E-state index contributed by atoms with van der Waals surface area (Å²) in [6, 6.07) is 11.7. The van der Waals surface area contributed by atoms with E-state index in [2.05, 4.69) is 5.43 Å². The molecular weight excluding hydrogens is 339 g/mol. The zero-order chi connectivity index (χ0) is 17.0. The Balaban J connectivity index is 2.13. The number of hydrogen-bond acceptors (Lipinski definition) is 4. The van der Waals surface area contributed by atoms with Gasteiger partial charge in [-0.25, -0.2) is 17.9 Å². The second-order valence-electron chi connectivity index (χ2n) is 4.73. The normalized spacial score (nSPS) is 11.0. The average Bonchev–Trinajstić information content (AvgIpc) is 2.48. The molecule has 0 unspecified atom stereocenters. The van der Waals surface area contributed by atoms with Crippen LogP contribution in [-0.2, 0) is 16.6 Å². The molecule has 6 nitrogen and oxygen atoms in total. The zero-order valence-corrected chi connectivity index (χ0v) is 13.6. The van der Waals surface area contributed by atoms with Crippen LogP contribution in [0.4, 0.5) is 10.1 Å². The van der Waals surface area contributed by atoms with E-state index in [4.69, 9.17) is 23.1 Å². The molecule has 5 N–H and O–H groups in total. The second-order valence-corrected chi connectivity index (χ2v) is 6.71. The lowest BCUT2D eigenvalue weighted by Gasteiger charge is -2.24. The second kappa shape index (κ2) is 6.90. The van der Waals surface area contributed by atoms with Gasteiger partial charge in [0.2, 0.25) is 10.0 Å². The predicted octanol–water partition coefficient (Wildman–Crippen LogP) is 1.55. The average molecular weight is 354 g/mol. The van der Waals surface area contributed by atoms with E-state index in [1.165, 1.54) is 41.4 Å². The van der Waals surface area contributed by atoms with Gasteiger partial charge in [0.15, 0.2) is 5.11 Å². The van der Waals surface area contributed by atoms with Gasteiger partial charge in [-0.05, 0) is 54.2 Å². The van der Waals surface area contributed by atoms with Crippen LogP contribution in [0.5, 0.6) is 0 Å². The minimum absolute atomic E-state index is 0.00320. The Morgan fingerprint density at radius 3 is 2.17 bits per heavy atom. The minimum Gasteiger partial charge on any atom is -0.375 e. The van der Waals surface area contributed by atoms with Crippen LogP contribution in [0.2, 0.25) is 0 Å². The first-order valence-electron chi connectivity index (χ1n) is 6.46. The fraction of sp³-hybridized carbons (Fsp3) is 0.0714. The number of hydrogen-bond donors (Lipinski definition) is 3. The summed E-state index contributed by atoms with van der Waals surface area (Å²) in [5.74, 6) is -0.331. The molecule has 0 bridgehead atoms. The number of primary sulfonamides is 1. The van der Waals surface area contributed by atoms with Crippen LogP contribution in [0, 0.1) is 5.82 Å². The molecule has 2 aromatic rings. The summed E-state index contributed by atoms with van der Waals surface area (Å²) in [6.07, 6.45) is 0. The predicted molar refractivity (Wildman–Crippen MR) is 90.2 cm³/mol. The Hall–Kier alpha value is -2.23. The highest BCUT2D eigenvalue weighted by Crippen LogP contribution is 2.15. The van der Waals surface area contributed by atoms with Crippen LogP contribution in [0.25, 0.3) is 0 Å². The fourth-order valence-corrected chi connectivity index (χ4v) is 2.45. The largest absolute Gasteiger partial charge is 0.375 e. The van der Waals surface area contributed by atoms with Gasteiger partial charge in [-0.1, -0.05) is 12.1 Å². The van der Waals surface area contributed by atoms with Gasteiger partial charge in [-0.3, -0.25) is 10.4 Å². The molecule has 0 radical (unpaired) electrons. The number of benzene rings is 2. The molecule has 0 aliphatic carbocycles. The summed E-state index contributed by atoms with van der Waals surface area (Å²) in [4.78, 5) is 0.00320. The number of nitrogens with two attached hydrogens (primary N) is 2. The number of nitrogens with zero attached hydrogens (tertiary/aromatic N) is 1. The molecule has 0 aliphatic rings. The molecule has 0 saturated heterocycles. The van der Waals surface area contributed by atoms with Crippen molar-refractivity contribution in [3.63, 3.8) is 0 Å². The summed E-state index contributed by atoms with van der Waals surface area (Å²) in [7, 11) is -3.74. The summed E-state index contributed by atoms with van der Waals surface area (Å²) >= 11 is 4.98. The minimum atomic E-state index is -3.74. The molecule has 0 aliphatic heterocycles. The number of halogens is 1. The maximum absolute atomic E-state index is 12.9. The van der Waals surface area contributed by atoms with Gasteiger partial charge >= 0.3 is 0 Å². The van der Waals surface area contributed by atoms with Crippen LogP contribution in [-0.4, -0.2) is 18.5 Å². The fourth-order valence-electron chi connectivity index (χ4n) is 1.82. The molecule has 0 spiro atoms. The lowest BCUT2D eigenvalue weighted by Crippen LogP contribution is -2.39. The highest BCUT2D eigenvalue weighted by molar-refractivity contribution is 7.89. The lowest BCUT2D eigenvalue weighted by atomic mass is 10.2. The maximum atomic E-state index is 12.9. The molecule has 23 heavy (non-hydrogen) atoms. The van der Waals surface area contributed by atoms with Crippen molar-refractivity contribution in [1.29, 1.82) is 0 Å². The molecule has 2 aromatic carbocycles. The lowest BCUT2D eigenvalue weighted by molar-refractivity contribution is 0.494. The molecule has 0 amide bonds. The summed E-state index contributed by atoms with van der Waals surface area (Å²) in [6.45, 7) is 0.312. The van der Waals surface area contributed by atoms with Gasteiger partial charge in [0.25, 0.3) is 0 Å². The quantitative estimate of drug-likeness (QED) is 0.556. The van der Waals surface area contributed by atoms with Crippen molar-refractivity contribution in [1.82, 2.24) is 5.01 Å². The molecule has 0 atom stereocenters. The van der Waals surface area contributed by atoms with Crippen molar-refractivity contribution in [2.75, 3.05) is 5.43 Å². The smallest absolute Gasteiger partial charge is 0.238 e. The molecule has 0 fully saturated rings. The monoisotopic (exact) mass is 354 g/mol. The molecule has 9 heteroatoms. The van der Waals surface area contributed by atoms with Crippen molar-refractivity contribution >= 4 is 33.0 Å². The van der Waals surface area contributed by atoms with E-state index in [0.717, 1.165) is 5.56 Å². The SMILES string of the molecule is NC(=S)N(Cc1ccc(F)cc1)Nc1ccc(S(N)(=O)=O)cc1. The van der Waals surface area contributed by atoms with Gasteiger partial charge in [0.1, 0.15) is 5.82 Å². The van der Waals surface area contributed by atoms with E-state index in [-0.39, 0.29) is 15.8 Å². The Bertz CT molecular complexity index is 793. The van der Waals surface area contributed by atoms with Crippen molar-refractivity contribution in [3.8, 4) is 0 Å². The number of nitrogens with one attached hydrogen (secondary N) is 1. The third-order valence-electron chi connectivity index (χ3n) is 2.97. The Morgan fingerprint density at radius 1 is 1.13 bits per heavy atom. The van der Waals surface area contributed by atoms with E-state index >= 15 is 0 Å². The van der Waals surface area contributed by atoms with Gasteiger partial charge in [0.05, 0.1) is 17.1 Å². The summed E-state index contributed by atoms with van der Waals surface area (Å²) in [5.41, 5.74) is 10.00. The van der Waals surface area contributed by atoms with Crippen LogP contribution in [0.3, 0.4) is 0 Å². The van der Waals surface area contributed by atoms with Gasteiger partial charge in [-0.15, -0.1) is 0 Å². The molecule has 0 heterocycles. The third kappa shape index (κ3) is 4.88. The molecule has 0 aromatic heterocycles. The van der Waals surface area contributed by atoms with Gasteiger partial charge < -0.3 is 5.73 Å². The van der Waals surface area contributed by atoms with Crippen molar-refractivity contribution in [2.24, 2.45) is 10.9 Å². The maximum Gasteiger partial charge on any atom is 0.238 e. The highest BCUT2D eigenvalue weighted by Gasteiger charge is 2.10. The standard InChI is InChI=1S/C14H15FN4O2S2/c15-11-3-1-10(2-4-11)9-19(14(16)22)18-12-5-7-13(8-6-12)23(17,20)21/h1-8,18H,9H2,(H2,16,22)(H2,17,20,21). The zero-order valence-electron chi connectivity index (χ0n) is 11.9. The van der Waals surface area contributed by atoms with Crippen LogP contribution >= 0.6 is 12.2 Å². The van der Waals surface area contributed by atoms with Gasteiger partial charge in [0, 0.05) is 0 Å². The Kier molecular flexibility index (Phi) is 5.14. The number of anilines is 1. The Labute approximate surface area is 138 Å².